The molecule has 0 bridgehead atoms. The number of nitrogens with one attached hydrogen (secondary N) is 2. The fraction of sp³-hybridized carbons (Fsp3) is 0.263. The fourth-order valence-corrected chi connectivity index (χ4v) is 2.47. The minimum Gasteiger partial charge on any atom is -0.495 e. The van der Waals surface area contributed by atoms with Crippen molar-refractivity contribution in [2.45, 2.75) is 13.8 Å². The van der Waals surface area contributed by atoms with Gasteiger partial charge in [0.1, 0.15) is 5.75 Å². The van der Waals surface area contributed by atoms with Gasteiger partial charge < -0.3 is 20.1 Å². The van der Waals surface area contributed by atoms with E-state index in [-0.39, 0.29) is 19.1 Å². The highest BCUT2D eigenvalue weighted by atomic mass is 35.5. The topological polar surface area (TPSA) is 76.7 Å². The Morgan fingerprint density at radius 2 is 1.88 bits per heavy atom. The molecule has 0 fully saturated rings. The van der Waals surface area contributed by atoms with Crippen LogP contribution in [0.4, 0.5) is 11.4 Å². The summed E-state index contributed by atoms with van der Waals surface area (Å²) in [5.74, 6) is -0.247. The Hall–Kier alpha value is -2.73. The van der Waals surface area contributed by atoms with Crippen LogP contribution in [0, 0.1) is 6.92 Å². The van der Waals surface area contributed by atoms with Crippen molar-refractivity contribution < 1.29 is 19.1 Å². The molecule has 0 atom stereocenters. The summed E-state index contributed by atoms with van der Waals surface area (Å²) in [5.41, 5.74) is 2.23. The molecule has 0 aromatic heterocycles. The molecular formula is C19H21ClN2O4. The number of hydrogen-bond donors (Lipinski definition) is 2. The summed E-state index contributed by atoms with van der Waals surface area (Å²) in [7, 11) is 1.53. The van der Waals surface area contributed by atoms with E-state index in [2.05, 4.69) is 10.6 Å². The van der Waals surface area contributed by atoms with E-state index in [0.717, 1.165) is 5.56 Å². The summed E-state index contributed by atoms with van der Waals surface area (Å²) < 4.78 is 10.3. The van der Waals surface area contributed by atoms with E-state index in [1.54, 1.807) is 43.3 Å². The predicted molar refractivity (Wildman–Crippen MR) is 102 cm³/mol. The third-order valence-electron chi connectivity index (χ3n) is 3.62. The van der Waals surface area contributed by atoms with Crippen molar-refractivity contribution >= 4 is 34.9 Å². The second kappa shape index (κ2) is 9.10. The van der Waals surface area contributed by atoms with Crippen LogP contribution in [0.1, 0.15) is 22.8 Å². The summed E-state index contributed by atoms with van der Waals surface area (Å²) in [6.45, 7) is 3.85. The van der Waals surface area contributed by atoms with Gasteiger partial charge in [-0.3, -0.25) is 4.79 Å². The van der Waals surface area contributed by atoms with Crippen molar-refractivity contribution in [1.29, 1.82) is 0 Å². The molecule has 0 heterocycles. The molecule has 6 nitrogen and oxygen atoms in total. The Morgan fingerprint density at radius 3 is 2.58 bits per heavy atom. The Morgan fingerprint density at radius 1 is 1.15 bits per heavy atom. The van der Waals surface area contributed by atoms with Crippen LogP contribution in [0.2, 0.25) is 5.02 Å². The largest absolute Gasteiger partial charge is 0.495 e. The van der Waals surface area contributed by atoms with Crippen LogP contribution in [0.3, 0.4) is 0 Å². The molecule has 0 radical (unpaired) electrons. The first-order valence-corrected chi connectivity index (χ1v) is 8.48. The van der Waals surface area contributed by atoms with E-state index in [1.165, 1.54) is 7.11 Å². The number of anilines is 2. The molecule has 138 valence electrons. The van der Waals surface area contributed by atoms with Gasteiger partial charge in [0, 0.05) is 11.1 Å². The lowest BCUT2D eigenvalue weighted by molar-refractivity contribution is -0.114. The van der Waals surface area contributed by atoms with Crippen molar-refractivity contribution in [2.24, 2.45) is 0 Å². The number of rotatable bonds is 7. The van der Waals surface area contributed by atoms with E-state index in [4.69, 9.17) is 21.1 Å². The van der Waals surface area contributed by atoms with Gasteiger partial charge >= 0.3 is 5.97 Å². The highest BCUT2D eigenvalue weighted by Gasteiger charge is 2.14. The van der Waals surface area contributed by atoms with Gasteiger partial charge in [-0.15, -0.1) is 0 Å². The smallest absolute Gasteiger partial charge is 0.340 e. The number of carbonyl (C=O) groups is 2. The molecule has 0 unspecified atom stereocenters. The fourth-order valence-electron chi connectivity index (χ4n) is 2.32. The third kappa shape index (κ3) is 4.89. The quantitative estimate of drug-likeness (QED) is 0.717. The van der Waals surface area contributed by atoms with Gasteiger partial charge in [-0.05, 0) is 37.6 Å². The summed E-state index contributed by atoms with van der Waals surface area (Å²) in [6, 6.07) is 10.2. The average Bonchev–Trinajstić information content (AvgIpc) is 2.63. The zero-order chi connectivity index (χ0) is 19.1. The first-order chi connectivity index (χ1) is 12.5. The summed E-state index contributed by atoms with van der Waals surface area (Å²) in [4.78, 5) is 24.2. The molecule has 0 spiro atoms. The van der Waals surface area contributed by atoms with Gasteiger partial charge in [0.25, 0.3) is 0 Å². The van der Waals surface area contributed by atoms with Gasteiger partial charge in [-0.2, -0.15) is 0 Å². The molecular weight excluding hydrogens is 356 g/mol. The van der Waals surface area contributed by atoms with E-state index in [1.807, 2.05) is 6.92 Å². The van der Waals surface area contributed by atoms with Gasteiger partial charge in [-0.25, -0.2) is 4.79 Å². The number of benzene rings is 2. The van der Waals surface area contributed by atoms with Crippen LogP contribution in [0.15, 0.2) is 36.4 Å². The van der Waals surface area contributed by atoms with Crippen molar-refractivity contribution in [2.75, 3.05) is 30.9 Å². The number of carbonyl (C=O) groups excluding carboxylic acids is 2. The molecule has 0 aliphatic carbocycles. The number of para-hydroxylation sites is 1. The second-order valence-electron chi connectivity index (χ2n) is 5.47. The van der Waals surface area contributed by atoms with Crippen LogP contribution in [-0.4, -0.2) is 32.1 Å². The Kier molecular flexibility index (Phi) is 6.86. The maximum absolute atomic E-state index is 12.3. The molecule has 2 N–H and O–H groups in total. The monoisotopic (exact) mass is 376 g/mol. The molecule has 2 rings (SSSR count). The maximum Gasteiger partial charge on any atom is 0.340 e. The number of halogens is 1. The van der Waals surface area contributed by atoms with Crippen LogP contribution in [-0.2, 0) is 9.53 Å². The predicted octanol–water partition coefficient (Wildman–Crippen LogP) is 3.88. The Balaban J connectivity index is 2.07. The number of esters is 1. The van der Waals surface area contributed by atoms with Gasteiger partial charge in [0.2, 0.25) is 5.91 Å². The van der Waals surface area contributed by atoms with Gasteiger partial charge in [0.05, 0.1) is 37.2 Å². The molecule has 0 saturated heterocycles. The SMILES string of the molecule is CCOC(=O)c1ccccc1NC(=O)CNc1cc(C)c(Cl)cc1OC. The van der Waals surface area contributed by atoms with Crippen LogP contribution in [0.5, 0.6) is 5.75 Å². The third-order valence-corrected chi connectivity index (χ3v) is 4.02. The average molecular weight is 377 g/mol. The standard InChI is InChI=1S/C19H21ClN2O4/c1-4-26-19(24)13-7-5-6-8-15(13)22-18(23)11-21-16-9-12(2)14(20)10-17(16)25-3/h5-10,21H,4,11H2,1-3H3,(H,22,23). The minimum atomic E-state index is -0.480. The van der Waals surface area contributed by atoms with Crippen molar-refractivity contribution in [3.8, 4) is 5.75 Å². The summed E-state index contributed by atoms with van der Waals surface area (Å²) >= 11 is 6.08. The summed E-state index contributed by atoms with van der Waals surface area (Å²) in [6.07, 6.45) is 0. The van der Waals surface area contributed by atoms with E-state index >= 15 is 0 Å². The molecule has 2 aromatic carbocycles. The lowest BCUT2D eigenvalue weighted by Gasteiger charge is -2.14. The number of hydrogen-bond acceptors (Lipinski definition) is 5. The Labute approximate surface area is 157 Å². The lowest BCUT2D eigenvalue weighted by atomic mass is 10.1. The number of aryl methyl sites for hydroxylation is 1. The van der Waals surface area contributed by atoms with E-state index in [9.17, 15) is 9.59 Å². The number of amides is 1. The van der Waals surface area contributed by atoms with Gasteiger partial charge in [0.15, 0.2) is 0 Å². The van der Waals surface area contributed by atoms with Gasteiger partial charge in [-0.1, -0.05) is 23.7 Å². The van der Waals surface area contributed by atoms with Crippen LogP contribution >= 0.6 is 11.6 Å². The summed E-state index contributed by atoms with van der Waals surface area (Å²) in [5, 5.41) is 6.31. The highest BCUT2D eigenvalue weighted by molar-refractivity contribution is 6.31. The Bertz CT molecular complexity index is 808. The first kappa shape index (κ1) is 19.6. The van der Waals surface area contributed by atoms with E-state index in [0.29, 0.717) is 27.7 Å². The molecule has 1 amide bonds. The normalized spacial score (nSPS) is 10.2. The molecule has 0 saturated carbocycles. The first-order valence-electron chi connectivity index (χ1n) is 8.10. The van der Waals surface area contributed by atoms with Crippen molar-refractivity contribution in [1.82, 2.24) is 0 Å². The van der Waals surface area contributed by atoms with E-state index < -0.39 is 5.97 Å². The zero-order valence-corrected chi connectivity index (χ0v) is 15.6. The number of ether oxygens (including phenoxy) is 2. The molecule has 2 aromatic rings. The van der Waals surface area contributed by atoms with Crippen molar-refractivity contribution in [3.05, 3.63) is 52.5 Å². The van der Waals surface area contributed by atoms with Crippen LogP contribution in [0.25, 0.3) is 0 Å². The highest BCUT2D eigenvalue weighted by Crippen LogP contribution is 2.30. The molecule has 0 aliphatic rings. The molecule has 7 heteroatoms. The second-order valence-corrected chi connectivity index (χ2v) is 5.88. The minimum absolute atomic E-state index is 0.00537. The lowest BCUT2D eigenvalue weighted by Crippen LogP contribution is -2.23. The van der Waals surface area contributed by atoms with Crippen LogP contribution < -0.4 is 15.4 Å². The molecule has 0 aliphatic heterocycles. The maximum atomic E-state index is 12.3. The number of methoxy groups -OCH3 is 1. The zero-order valence-electron chi connectivity index (χ0n) is 14.9. The van der Waals surface area contributed by atoms with Crippen molar-refractivity contribution in [3.63, 3.8) is 0 Å². The molecule has 26 heavy (non-hydrogen) atoms.